The lowest BCUT2D eigenvalue weighted by molar-refractivity contribution is 0.0792. The Balaban J connectivity index is 1.41. The fourth-order valence-electron chi connectivity index (χ4n) is 6.71. The Hall–Kier alpha value is -2.29. The lowest BCUT2D eigenvalue weighted by Crippen LogP contribution is -2.36. The van der Waals surface area contributed by atoms with Crippen LogP contribution in [0.15, 0.2) is 48.5 Å². The van der Waals surface area contributed by atoms with Crippen molar-refractivity contribution in [3.05, 3.63) is 65.2 Å². The number of hydrogen-bond donors (Lipinski definition) is 1. The summed E-state index contributed by atoms with van der Waals surface area (Å²) in [5.41, 5.74) is 4.96. The van der Waals surface area contributed by atoms with Crippen molar-refractivity contribution in [1.82, 2.24) is 4.90 Å². The van der Waals surface area contributed by atoms with Crippen LogP contribution in [-0.4, -0.2) is 23.9 Å². The minimum Gasteiger partial charge on any atom is -0.378 e. The van der Waals surface area contributed by atoms with Crippen molar-refractivity contribution in [2.45, 2.75) is 44.1 Å². The first-order valence-corrected chi connectivity index (χ1v) is 11.0. The number of carbonyl (C=O) groups excluding carboxylic acids is 1. The number of anilines is 1. The predicted molar refractivity (Wildman–Crippen MR) is 111 cm³/mol. The van der Waals surface area contributed by atoms with Crippen molar-refractivity contribution in [2.75, 3.05) is 18.4 Å². The van der Waals surface area contributed by atoms with Crippen LogP contribution in [0.2, 0.25) is 0 Å². The summed E-state index contributed by atoms with van der Waals surface area (Å²) in [4.78, 5) is 15.0. The second-order valence-electron chi connectivity index (χ2n) is 9.27. The SMILES string of the molecule is O=C(c1ccc2c(c1)[C@H]1[C@H]3CC[C@H](C3)[C@H]1[C@@H](c1ccccc1)N2)N1CCCC1. The molecule has 5 atom stereocenters. The molecule has 2 saturated carbocycles. The average Bonchev–Trinajstić information content (AvgIpc) is 3.51. The topological polar surface area (TPSA) is 32.3 Å². The van der Waals surface area contributed by atoms with Gasteiger partial charge >= 0.3 is 0 Å². The van der Waals surface area contributed by atoms with Gasteiger partial charge in [0.05, 0.1) is 6.04 Å². The van der Waals surface area contributed by atoms with E-state index in [2.05, 4.69) is 47.8 Å². The molecule has 4 aliphatic rings. The molecule has 1 saturated heterocycles. The predicted octanol–water partition coefficient (Wildman–Crippen LogP) is 5.22. The highest BCUT2D eigenvalue weighted by molar-refractivity contribution is 5.95. The summed E-state index contributed by atoms with van der Waals surface area (Å²) in [6.45, 7) is 1.84. The Morgan fingerprint density at radius 3 is 2.57 bits per heavy atom. The Morgan fingerprint density at radius 2 is 1.75 bits per heavy atom. The van der Waals surface area contributed by atoms with Crippen LogP contribution in [0.3, 0.4) is 0 Å². The Morgan fingerprint density at radius 1 is 0.964 bits per heavy atom. The molecule has 2 aromatic carbocycles. The van der Waals surface area contributed by atoms with Gasteiger partial charge in [0.15, 0.2) is 0 Å². The largest absolute Gasteiger partial charge is 0.378 e. The fourth-order valence-corrected chi connectivity index (χ4v) is 6.71. The minimum atomic E-state index is 0.227. The molecule has 2 aromatic rings. The number of nitrogens with zero attached hydrogens (tertiary/aromatic N) is 1. The van der Waals surface area contributed by atoms with Crippen molar-refractivity contribution in [3.8, 4) is 0 Å². The first-order chi connectivity index (χ1) is 13.8. The van der Waals surface area contributed by atoms with Crippen molar-refractivity contribution < 1.29 is 4.79 Å². The van der Waals surface area contributed by atoms with E-state index in [9.17, 15) is 4.79 Å². The maximum Gasteiger partial charge on any atom is 0.253 e. The van der Waals surface area contributed by atoms with Gasteiger partial charge in [-0.15, -0.1) is 0 Å². The smallest absolute Gasteiger partial charge is 0.253 e. The highest BCUT2D eigenvalue weighted by Crippen LogP contribution is 2.63. The molecule has 3 heteroatoms. The summed E-state index contributed by atoms with van der Waals surface area (Å²) in [6.07, 6.45) is 6.39. The van der Waals surface area contributed by atoms with Gasteiger partial charge in [0.25, 0.3) is 5.91 Å². The molecular weight excluding hydrogens is 344 g/mol. The van der Waals surface area contributed by atoms with Gasteiger partial charge in [0, 0.05) is 24.3 Å². The van der Waals surface area contributed by atoms with Crippen molar-refractivity contribution in [3.63, 3.8) is 0 Å². The molecule has 3 nitrogen and oxygen atoms in total. The fraction of sp³-hybridized carbons (Fsp3) is 0.480. The number of hydrogen-bond acceptors (Lipinski definition) is 2. The summed E-state index contributed by atoms with van der Waals surface area (Å²) < 4.78 is 0. The zero-order valence-electron chi connectivity index (χ0n) is 16.3. The number of rotatable bonds is 2. The van der Waals surface area contributed by atoms with E-state index >= 15 is 0 Å². The summed E-state index contributed by atoms with van der Waals surface area (Å²) in [5.74, 6) is 3.10. The molecule has 0 aromatic heterocycles. The number of carbonyl (C=O) groups is 1. The summed E-state index contributed by atoms with van der Waals surface area (Å²) in [5, 5.41) is 3.88. The molecule has 0 unspecified atom stereocenters. The highest BCUT2D eigenvalue weighted by atomic mass is 16.2. The highest BCUT2D eigenvalue weighted by Gasteiger charge is 2.53. The molecule has 2 aliphatic heterocycles. The van der Waals surface area contributed by atoms with Gasteiger partial charge < -0.3 is 10.2 Å². The molecule has 0 spiro atoms. The monoisotopic (exact) mass is 372 g/mol. The van der Waals surface area contributed by atoms with Crippen LogP contribution in [0.25, 0.3) is 0 Å². The van der Waals surface area contributed by atoms with Crippen LogP contribution in [0.1, 0.15) is 65.5 Å². The van der Waals surface area contributed by atoms with E-state index in [1.807, 2.05) is 11.0 Å². The van der Waals surface area contributed by atoms with Crippen molar-refractivity contribution >= 4 is 11.6 Å². The van der Waals surface area contributed by atoms with Crippen LogP contribution < -0.4 is 5.32 Å². The molecule has 2 heterocycles. The number of benzene rings is 2. The maximum absolute atomic E-state index is 13.0. The molecule has 2 bridgehead atoms. The second-order valence-corrected chi connectivity index (χ2v) is 9.27. The molecule has 1 amide bonds. The molecule has 144 valence electrons. The first kappa shape index (κ1) is 16.6. The van der Waals surface area contributed by atoms with Gasteiger partial charge in [-0.3, -0.25) is 4.79 Å². The third-order valence-electron chi connectivity index (χ3n) is 7.89. The van der Waals surface area contributed by atoms with E-state index < -0.39 is 0 Å². The molecule has 6 rings (SSSR count). The van der Waals surface area contributed by atoms with E-state index in [-0.39, 0.29) is 5.91 Å². The number of amides is 1. The van der Waals surface area contributed by atoms with E-state index in [0.717, 1.165) is 43.3 Å². The van der Waals surface area contributed by atoms with Crippen LogP contribution in [0.4, 0.5) is 5.69 Å². The van der Waals surface area contributed by atoms with E-state index in [0.29, 0.717) is 17.9 Å². The van der Waals surface area contributed by atoms with Gasteiger partial charge in [0.2, 0.25) is 0 Å². The van der Waals surface area contributed by atoms with E-state index in [4.69, 9.17) is 0 Å². The third kappa shape index (κ3) is 2.45. The quantitative estimate of drug-likeness (QED) is 0.784. The van der Waals surface area contributed by atoms with Crippen LogP contribution >= 0.6 is 0 Å². The second kappa shape index (κ2) is 6.37. The minimum absolute atomic E-state index is 0.227. The summed E-state index contributed by atoms with van der Waals surface area (Å²) >= 11 is 0. The zero-order valence-corrected chi connectivity index (χ0v) is 16.3. The average molecular weight is 373 g/mol. The molecular formula is C25H28N2O. The Kier molecular flexibility index (Phi) is 3.78. The lowest BCUT2D eigenvalue weighted by Gasteiger charge is -2.43. The van der Waals surface area contributed by atoms with Crippen LogP contribution in [-0.2, 0) is 0 Å². The van der Waals surface area contributed by atoms with E-state index in [1.165, 1.54) is 36.1 Å². The van der Waals surface area contributed by atoms with Gasteiger partial charge in [-0.25, -0.2) is 0 Å². The first-order valence-electron chi connectivity index (χ1n) is 11.0. The van der Waals surface area contributed by atoms with Gasteiger partial charge in [-0.05, 0) is 85.1 Å². The third-order valence-corrected chi connectivity index (χ3v) is 7.89. The normalized spacial score (nSPS) is 32.7. The van der Waals surface area contributed by atoms with Crippen molar-refractivity contribution in [2.24, 2.45) is 17.8 Å². The molecule has 1 N–H and O–H groups in total. The number of fused-ring (bicyclic) bond motifs is 7. The van der Waals surface area contributed by atoms with Gasteiger partial charge in [-0.2, -0.15) is 0 Å². The molecule has 28 heavy (non-hydrogen) atoms. The Bertz CT molecular complexity index is 902. The summed E-state index contributed by atoms with van der Waals surface area (Å²) in [7, 11) is 0. The van der Waals surface area contributed by atoms with Crippen LogP contribution in [0.5, 0.6) is 0 Å². The summed E-state index contributed by atoms with van der Waals surface area (Å²) in [6, 6.07) is 17.8. The standard InChI is InChI=1S/C25H28N2O/c28-25(27-12-4-5-13-27)19-10-11-21-20(15-19)22-17-8-9-18(14-17)23(22)24(26-21)16-6-2-1-3-7-16/h1-3,6-7,10-11,15,17-18,22-24,26H,4-5,8-9,12-14H2/t17-,18+,22+,23+,24+/m0/s1. The van der Waals surface area contributed by atoms with Crippen molar-refractivity contribution in [1.29, 1.82) is 0 Å². The molecule has 2 aliphatic carbocycles. The van der Waals surface area contributed by atoms with Gasteiger partial charge in [-0.1, -0.05) is 30.3 Å². The zero-order chi connectivity index (χ0) is 18.7. The number of likely N-dealkylation sites (tertiary alicyclic amines) is 1. The molecule has 3 fully saturated rings. The maximum atomic E-state index is 13.0. The van der Waals surface area contributed by atoms with Gasteiger partial charge in [0.1, 0.15) is 0 Å². The Labute approximate surface area is 167 Å². The van der Waals surface area contributed by atoms with Crippen LogP contribution in [0, 0.1) is 17.8 Å². The lowest BCUT2D eigenvalue weighted by atomic mass is 9.68. The number of nitrogens with one attached hydrogen (secondary N) is 1. The molecule has 0 radical (unpaired) electrons. The van der Waals surface area contributed by atoms with E-state index in [1.54, 1.807) is 0 Å².